The molecule has 0 atom stereocenters. The predicted molar refractivity (Wildman–Crippen MR) is 87.9 cm³/mol. The summed E-state index contributed by atoms with van der Waals surface area (Å²) >= 11 is 0. The Hall–Kier alpha value is -0.610. The summed E-state index contributed by atoms with van der Waals surface area (Å²) in [5, 5.41) is 0. The molecule has 126 valence electrons. The number of carbonyl (C=O) groups is 1. The topological polar surface area (TPSA) is 32.8 Å². The molecule has 1 aliphatic carbocycles. The molecule has 2 saturated heterocycles. The van der Waals surface area contributed by atoms with Gasteiger partial charge in [-0.05, 0) is 51.6 Å². The van der Waals surface area contributed by atoms with Gasteiger partial charge in [-0.15, -0.1) is 0 Å². The molecule has 2 aliphatic heterocycles. The molecule has 3 rings (SSSR count). The molecule has 0 spiro atoms. The number of carbonyl (C=O) groups excluding carboxylic acids is 1. The Balaban J connectivity index is 1.36. The molecule has 0 radical (unpaired) electrons. The van der Waals surface area contributed by atoms with Crippen LogP contribution >= 0.6 is 0 Å². The highest BCUT2D eigenvalue weighted by Crippen LogP contribution is 2.22. The van der Waals surface area contributed by atoms with E-state index in [4.69, 9.17) is 4.74 Å². The quantitative estimate of drug-likeness (QED) is 0.800. The summed E-state index contributed by atoms with van der Waals surface area (Å²) in [4.78, 5) is 17.0. The van der Waals surface area contributed by atoms with Crippen molar-refractivity contribution in [1.82, 2.24) is 9.80 Å². The number of nitrogens with zero attached hydrogens (tertiary/aromatic N) is 2. The average Bonchev–Trinajstić information content (AvgIpc) is 2.61. The monoisotopic (exact) mass is 308 g/mol. The second kappa shape index (κ2) is 8.30. The number of amides is 1. The van der Waals surface area contributed by atoms with Crippen molar-refractivity contribution in [3.63, 3.8) is 0 Å². The number of hydrogen-bond acceptors (Lipinski definition) is 3. The van der Waals surface area contributed by atoms with Gasteiger partial charge < -0.3 is 14.5 Å². The van der Waals surface area contributed by atoms with Crippen LogP contribution in [0.3, 0.4) is 0 Å². The van der Waals surface area contributed by atoms with Crippen molar-refractivity contribution in [3.05, 3.63) is 0 Å². The van der Waals surface area contributed by atoms with E-state index < -0.39 is 0 Å². The molecule has 3 fully saturated rings. The number of rotatable bonds is 4. The van der Waals surface area contributed by atoms with Crippen LogP contribution in [0.25, 0.3) is 0 Å². The van der Waals surface area contributed by atoms with Gasteiger partial charge in [0.15, 0.2) is 0 Å². The molecule has 0 unspecified atom stereocenters. The van der Waals surface area contributed by atoms with Gasteiger partial charge in [0.1, 0.15) is 6.61 Å². The molecule has 4 heteroatoms. The molecule has 3 aliphatic rings. The Bertz CT molecular complexity index is 341. The van der Waals surface area contributed by atoms with Gasteiger partial charge in [0.2, 0.25) is 5.91 Å². The summed E-state index contributed by atoms with van der Waals surface area (Å²) in [7, 11) is 0. The van der Waals surface area contributed by atoms with E-state index in [1.165, 1.54) is 51.6 Å². The van der Waals surface area contributed by atoms with Gasteiger partial charge in [-0.25, -0.2) is 0 Å². The van der Waals surface area contributed by atoms with Gasteiger partial charge in [-0.3, -0.25) is 4.79 Å². The number of piperidine rings is 2. The van der Waals surface area contributed by atoms with Gasteiger partial charge in [-0.2, -0.15) is 0 Å². The third kappa shape index (κ3) is 4.45. The zero-order chi connectivity index (χ0) is 15.2. The zero-order valence-electron chi connectivity index (χ0n) is 14.0. The molecule has 0 aromatic heterocycles. The second-order valence-electron chi connectivity index (χ2n) is 7.28. The summed E-state index contributed by atoms with van der Waals surface area (Å²) in [6.45, 7) is 4.69. The molecule has 0 aromatic rings. The Labute approximate surface area is 135 Å². The maximum Gasteiger partial charge on any atom is 0.248 e. The van der Waals surface area contributed by atoms with Crippen LogP contribution < -0.4 is 0 Å². The molecule has 0 aromatic carbocycles. The fraction of sp³-hybridized carbons (Fsp3) is 0.944. The molecular formula is C18H32N2O2. The van der Waals surface area contributed by atoms with Crippen molar-refractivity contribution in [1.29, 1.82) is 0 Å². The predicted octanol–water partition coefficient (Wildman–Crippen LogP) is 2.81. The SMILES string of the molecule is O=C(COC1CCCCC1)N1CCC(N2CCCCC2)CC1. The molecule has 1 saturated carbocycles. The van der Waals surface area contributed by atoms with Crippen LogP contribution in [0.5, 0.6) is 0 Å². The number of hydrogen-bond donors (Lipinski definition) is 0. The third-order valence-corrected chi connectivity index (χ3v) is 5.72. The van der Waals surface area contributed by atoms with Crippen molar-refractivity contribution >= 4 is 5.91 Å². The first-order valence-corrected chi connectivity index (χ1v) is 9.46. The second-order valence-corrected chi connectivity index (χ2v) is 7.28. The number of likely N-dealkylation sites (tertiary alicyclic amines) is 2. The average molecular weight is 308 g/mol. The molecular weight excluding hydrogens is 276 g/mol. The van der Waals surface area contributed by atoms with E-state index in [0.29, 0.717) is 18.8 Å². The van der Waals surface area contributed by atoms with Crippen molar-refractivity contribution in [2.75, 3.05) is 32.8 Å². The molecule has 22 heavy (non-hydrogen) atoms. The lowest BCUT2D eigenvalue weighted by atomic mass is 9.98. The molecule has 1 amide bonds. The van der Waals surface area contributed by atoms with E-state index in [2.05, 4.69) is 4.90 Å². The largest absolute Gasteiger partial charge is 0.368 e. The van der Waals surface area contributed by atoms with E-state index in [1.54, 1.807) is 0 Å². The standard InChI is InChI=1S/C18H32N2O2/c21-18(15-22-17-7-3-1-4-8-17)20-13-9-16(10-14-20)19-11-5-2-6-12-19/h16-17H,1-15H2. The van der Waals surface area contributed by atoms with E-state index in [9.17, 15) is 4.79 Å². The van der Waals surface area contributed by atoms with Crippen LogP contribution in [0, 0.1) is 0 Å². The summed E-state index contributed by atoms with van der Waals surface area (Å²) in [6.07, 6.45) is 12.9. The van der Waals surface area contributed by atoms with Gasteiger partial charge in [0.25, 0.3) is 0 Å². The van der Waals surface area contributed by atoms with Crippen molar-refractivity contribution < 1.29 is 9.53 Å². The fourth-order valence-corrected chi connectivity index (χ4v) is 4.28. The summed E-state index contributed by atoms with van der Waals surface area (Å²) in [5.74, 6) is 0.211. The smallest absolute Gasteiger partial charge is 0.248 e. The number of ether oxygens (including phenoxy) is 1. The maximum atomic E-state index is 12.3. The van der Waals surface area contributed by atoms with Crippen LogP contribution in [0.15, 0.2) is 0 Å². The lowest BCUT2D eigenvalue weighted by molar-refractivity contribution is -0.140. The van der Waals surface area contributed by atoms with E-state index >= 15 is 0 Å². The van der Waals surface area contributed by atoms with Gasteiger partial charge in [-0.1, -0.05) is 25.7 Å². The van der Waals surface area contributed by atoms with Gasteiger partial charge in [0, 0.05) is 19.1 Å². The van der Waals surface area contributed by atoms with Crippen LogP contribution in [-0.4, -0.2) is 60.6 Å². The normalized spacial score (nSPS) is 26.3. The first kappa shape index (κ1) is 16.3. The maximum absolute atomic E-state index is 12.3. The Morgan fingerprint density at radius 3 is 2.14 bits per heavy atom. The third-order valence-electron chi connectivity index (χ3n) is 5.72. The van der Waals surface area contributed by atoms with Crippen molar-refractivity contribution in [3.8, 4) is 0 Å². The molecule has 4 nitrogen and oxygen atoms in total. The minimum Gasteiger partial charge on any atom is -0.368 e. The zero-order valence-corrected chi connectivity index (χ0v) is 14.0. The van der Waals surface area contributed by atoms with E-state index in [1.807, 2.05) is 4.90 Å². The van der Waals surface area contributed by atoms with E-state index in [0.717, 1.165) is 38.8 Å². The van der Waals surface area contributed by atoms with Crippen molar-refractivity contribution in [2.24, 2.45) is 0 Å². The Kier molecular flexibility index (Phi) is 6.13. The Morgan fingerprint density at radius 2 is 1.45 bits per heavy atom. The van der Waals surface area contributed by atoms with Gasteiger partial charge in [0.05, 0.1) is 6.10 Å². The van der Waals surface area contributed by atoms with Crippen LogP contribution in [0.4, 0.5) is 0 Å². The van der Waals surface area contributed by atoms with Crippen molar-refractivity contribution in [2.45, 2.75) is 76.4 Å². The lowest BCUT2D eigenvalue weighted by Gasteiger charge is -2.40. The van der Waals surface area contributed by atoms with E-state index in [-0.39, 0.29) is 5.91 Å². The molecule has 0 bridgehead atoms. The fourth-order valence-electron chi connectivity index (χ4n) is 4.28. The summed E-state index contributed by atoms with van der Waals surface area (Å²) < 4.78 is 5.84. The molecule has 0 N–H and O–H groups in total. The van der Waals surface area contributed by atoms with Crippen LogP contribution in [0.1, 0.15) is 64.2 Å². The Morgan fingerprint density at radius 1 is 0.818 bits per heavy atom. The van der Waals surface area contributed by atoms with Gasteiger partial charge >= 0.3 is 0 Å². The van der Waals surface area contributed by atoms with Crippen LogP contribution in [0.2, 0.25) is 0 Å². The highest BCUT2D eigenvalue weighted by Gasteiger charge is 2.28. The first-order valence-electron chi connectivity index (χ1n) is 9.46. The first-order chi connectivity index (χ1) is 10.8. The summed E-state index contributed by atoms with van der Waals surface area (Å²) in [6, 6.07) is 0.712. The summed E-state index contributed by atoms with van der Waals surface area (Å²) in [5.41, 5.74) is 0. The molecule has 2 heterocycles. The minimum atomic E-state index is 0.211. The van der Waals surface area contributed by atoms with Crippen LogP contribution in [-0.2, 0) is 9.53 Å². The highest BCUT2D eigenvalue weighted by atomic mass is 16.5. The minimum absolute atomic E-state index is 0.211. The highest BCUT2D eigenvalue weighted by molar-refractivity contribution is 5.77. The lowest BCUT2D eigenvalue weighted by Crippen LogP contribution is -2.49.